The number of aromatic nitrogens is 2. The third-order valence-corrected chi connectivity index (χ3v) is 5.27. The van der Waals surface area contributed by atoms with E-state index in [1.807, 2.05) is 0 Å². The van der Waals surface area contributed by atoms with E-state index in [9.17, 15) is 22.4 Å². The number of fused-ring (bicyclic) bond motifs is 1. The maximum atomic E-state index is 14.6. The highest BCUT2D eigenvalue weighted by atomic mass is 79.9. The van der Waals surface area contributed by atoms with Gasteiger partial charge in [-0.2, -0.15) is 13.2 Å². The summed E-state index contributed by atoms with van der Waals surface area (Å²) in [6.45, 7) is 5.87. The predicted molar refractivity (Wildman–Crippen MR) is 107 cm³/mol. The SMILES string of the molecule is CC(C)(C)OC(=O)N1CC[C@@H](Nc2nc(Cl)nc3c(F)c(Br)c(C(F)(F)F)cc23)C1. The number of ether oxygens (including phenoxy) is 1. The summed E-state index contributed by atoms with van der Waals surface area (Å²) in [7, 11) is 0. The normalized spacial score (nSPS) is 17.5. The standard InChI is InChI=1S/C18H18BrClF4N4O2/c1-17(2,3)30-16(29)28-5-4-8(7-28)25-14-9-6-10(18(22,23)24)11(19)12(21)13(9)26-15(20)27-14/h6,8H,4-5,7H2,1-3H3,(H,25,26,27)/t8-/m1/s1. The summed E-state index contributed by atoms with van der Waals surface area (Å²) in [4.78, 5) is 21.4. The van der Waals surface area contributed by atoms with Gasteiger partial charge in [0.2, 0.25) is 5.28 Å². The molecule has 3 rings (SSSR count). The van der Waals surface area contributed by atoms with Gasteiger partial charge in [-0.05, 0) is 60.8 Å². The zero-order valence-electron chi connectivity index (χ0n) is 16.2. The number of rotatable bonds is 2. The van der Waals surface area contributed by atoms with Gasteiger partial charge in [0, 0.05) is 24.5 Å². The van der Waals surface area contributed by atoms with Gasteiger partial charge in [0.1, 0.15) is 16.9 Å². The van der Waals surface area contributed by atoms with E-state index < -0.39 is 33.7 Å². The first kappa shape index (κ1) is 22.8. The zero-order valence-corrected chi connectivity index (χ0v) is 18.5. The second-order valence-corrected chi connectivity index (χ2v) is 8.97. The van der Waals surface area contributed by atoms with Gasteiger partial charge < -0.3 is 15.0 Å². The molecule has 1 aliphatic heterocycles. The van der Waals surface area contributed by atoms with E-state index in [2.05, 4.69) is 31.2 Å². The Morgan fingerprint density at radius 2 is 2.00 bits per heavy atom. The molecule has 6 nitrogen and oxygen atoms in total. The fraction of sp³-hybridized carbons (Fsp3) is 0.500. The number of carbonyl (C=O) groups excluding carboxylic acids is 1. The lowest BCUT2D eigenvalue weighted by atomic mass is 10.1. The molecule has 1 amide bonds. The fourth-order valence-corrected chi connectivity index (χ4v) is 3.75. The van der Waals surface area contributed by atoms with Crippen LogP contribution in [0.2, 0.25) is 5.28 Å². The first-order valence-corrected chi connectivity index (χ1v) is 10.1. The molecule has 0 unspecified atom stereocenters. The van der Waals surface area contributed by atoms with E-state index in [1.165, 1.54) is 4.90 Å². The Balaban J connectivity index is 1.91. The molecular weight excluding hydrogens is 496 g/mol. The quantitative estimate of drug-likeness (QED) is 0.417. The number of amides is 1. The summed E-state index contributed by atoms with van der Waals surface area (Å²) >= 11 is 8.51. The molecule has 0 bridgehead atoms. The third kappa shape index (κ3) is 4.88. The van der Waals surface area contributed by atoms with Gasteiger partial charge in [-0.15, -0.1) is 0 Å². The monoisotopic (exact) mass is 512 g/mol. The van der Waals surface area contributed by atoms with Gasteiger partial charge in [-0.3, -0.25) is 0 Å². The molecule has 12 heteroatoms. The largest absolute Gasteiger partial charge is 0.444 e. The molecular formula is C18H18BrClF4N4O2. The van der Waals surface area contributed by atoms with Crippen LogP contribution < -0.4 is 5.32 Å². The Morgan fingerprint density at radius 3 is 2.60 bits per heavy atom. The third-order valence-electron chi connectivity index (χ3n) is 4.33. The lowest BCUT2D eigenvalue weighted by Crippen LogP contribution is -2.36. The molecule has 0 radical (unpaired) electrons. The number of alkyl halides is 3. The Kier molecular flexibility index (Phi) is 6.07. The van der Waals surface area contributed by atoms with Crippen molar-refractivity contribution in [1.82, 2.24) is 14.9 Å². The van der Waals surface area contributed by atoms with Crippen molar-refractivity contribution in [3.63, 3.8) is 0 Å². The maximum absolute atomic E-state index is 14.6. The highest BCUT2D eigenvalue weighted by Gasteiger charge is 2.36. The van der Waals surface area contributed by atoms with Crippen molar-refractivity contribution in [2.24, 2.45) is 0 Å². The van der Waals surface area contributed by atoms with E-state index in [4.69, 9.17) is 16.3 Å². The lowest BCUT2D eigenvalue weighted by Gasteiger charge is -2.24. The van der Waals surface area contributed by atoms with Crippen LogP contribution in [0.15, 0.2) is 10.5 Å². The summed E-state index contributed by atoms with van der Waals surface area (Å²) in [6.07, 6.45) is -4.79. The van der Waals surface area contributed by atoms with Crippen molar-refractivity contribution in [2.45, 2.75) is 45.0 Å². The van der Waals surface area contributed by atoms with Crippen LogP contribution in [0.5, 0.6) is 0 Å². The topological polar surface area (TPSA) is 67.3 Å². The molecule has 0 aliphatic carbocycles. The summed E-state index contributed by atoms with van der Waals surface area (Å²) in [5.74, 6) is -1.23. The van der Waals surface area contributed by atoms with Gasteiger partial charge >= 0.3 is 12.3 Å². The molecule has 1 fully saturated rings. The molecule has 1 aliphatic rings. The van der Waals surface area contributed by atoms with E-state index in [0.29, 0.717) is 13.0 Å². The minimum Gasteiger partial charge on any atom is -0.444 e. The van der Waals surface area contributed by atoms with Crippen molar-refractivity contribution < 1.29 is 27.1 Å². The maximum Gasteiger partial charge on any atom is 0.417 e. The molecule has 1 aromatic heterocycles. The van der Waals surface area contributed by atoms with Crippen LogP contribution >= 0.6 is 27.5 Å². The molecule has 164 valence electrons. The van der Waals surface area contributed by atoms with Crippen molar-refractivity contribution in [2.75, 3.05) is 18.4 Å². The molecule has 2 aromatic rings. The number of hydrogen-bond donors (Lipinski definition) is 1. The number of nitrogens with zero attached hydrogens (tertiary/aromatic N) is 3. The van der Waals surface area contributed by atoms with Gasteiger partial charge in [-0.1, -0.05) is 0 Å². The summed E-state index contributed by atoms with van der Waals surface area (Å²) in [5, 5.41) is 2.48. The number of halogens is 6. The van der Waals surface area contributed by atoms with Crippen LogP contribution in [0.1, 0.15) is 32.8 Å². The van der Waals surface area contributed by atoms with E-state index in [1.54, 1.807) is 20.8 Å². The van der Waals surface area contributed by atoms with Gasteiger partial charge in [-0.25, -0.2) is 19.2 Å². The van der Waals surface area contributed by atoms with Crippen molar-refractivity contribution in [1.29, 1.82) is 0 Å². The Labute approximate surface area is 183 Å². The van der Waals surface area contributed by atoms with Gasteiger partial charge in [0.05, 0.1) is 10.0 Å². The smallest absolute Gasteiger partial charge is 0.417 e. The minimum absolute atomic E-state index is 0.0436. The number of benzene rings is 1. The van der Waals surface area contributed by atoms with Crippen LogP contribution in [0.3, 0.4) is 0 Å². The number of anilines is 1. The lowest BCUT2D eigenvalue weighted by molar-refractivity contribution is -0.138. The number of nitrogens with one attached hydrogen (secondary N) is 1. The summed E-state index contributed by atoms with van der Waals surface area (Å²) in [6, 6.07) is 0.426. The molecule has 0 saturated carbocycles. The highest BCUT2D eigenvalue weighted by molar-refractivity contribution is 9.10. The summed E-state index contributed by atoms with van der Waals surface area (Å²) in [5.41, 5.74) is -2.19. The van der Waals surface area contributed by atoms with Crippen molar-refractivity contribution in [3.05, 3.63) is 27.2 Å². The Hall–Kier alpha value is -1.88. The predicted octanol–water partition coefficient (Wildman–Crippen LogP) is 5.62. The minimum atomic E-state index is -4.79. The van der Waals surface area contributed by atoms with Crippen molar-refractivity contribution >= 4 is 50.3 Å². The Morgan fingerprint density at radius 1 is 1.33 bits per heavy atom. The van der Waals surface area contributed by atoms with Gasteiger partial charge in [0.25, 0.3) is 0 Å². The van der Waals surface area contributed by atoms with E-state index in [-0.39, 0.29) is 34.6 Å². The van der Waals surface area contributed by atoms with Gasteiger partial charge in [0.15, 0.2) is 5.82 Å². The molecule has 1 aromatic carbocycles. The highest BCUT2D eigenvalue weighted by Crippen LogP contribution is 2.40. The number of likely N-dealkylation sites (tertiary alicyclic amines) is 1. The first-order chi connectivity index (χ1) is 13.8. The average Bonchev–Trinajstić information content (AvgIpc) is 3.04. The fourth-order valence-electron chi connectivity index (χ4n) is 3.06. The number of hydrogen-bond acceptors (Lipinski definition) is 5. The van der Waals surface area contributed by atoms with E-state index in [0.717, 1.165) is 6.07 Å². The second kappa shape index (κ2) is 7.99. The van der Waals surface area contributed by atoms with Crippen LogP contribution in [0.4, 0.5) is 28.2 Å². The molecule has 1 saturated heterocycles. The van der Waals surface area contributed by atoms with Crippen LogP contribution in [-0.4, -0.2) is 45.7 Å². The molecule has 0 spiro atoms. The summed E-state index contributed by atoms with van der Waals surface area (Å²) < 4.78 is 59.1. The first-order valence-electron chi connectivity index (χ1n) is 8.93. The van der Waals surface area contributed by atoms with E-state index >= 15 is 0 Å². The van der Waals surface area contributed by atoms with Crippen molar-refractivity contribution in [3.8, 4) is 0 Å². The van der Waals surface area contributed by atoms with Crippen LogP contribution in [0, 0.1) is 5.82 Å². The van der Waals surface area contributed by atoms with Crippen LogP contribution in [0.25, 0.3) is 10.9 Å². The van der Waals surface area contributed by atoms with Crippen LogP contribution in [-0.2, 0) is 10.9 Å². The molecule has 1 N–H and O–H groups in total. The number of carbonyl (C=O) groups is 1. The molecule has 1 atom stereocenters. The molecule has 30 heavy (non-hydrogen) atoms. The Bertz CT molecular complexity index is 997. The molecule has 2 heterocycles. The second-order valence-electron chi connectivity index (χ2n) is 7.84. The zero-order chi connectivity index (χ0) is 22.4. The average molecular weight is 514 g/mol.